The van der Waals surface area contributed by atoms with Crippen molar-refractivity contribution in [2.75, 3.05) is 13.6 Å². The van der Waals surface area contributed by atoms with E-state index in [1.54, 1.807) is 11.3 Å². The van der Waals surface area contributed by atoms with Crippen molar-refractivity contribution in [2.24, 2.45) is 0 Å². The molecule has 0 spiro atoms. The van der Waals surface area contributed by atoms with Gasteiger partial charge in [0.2, 0.25) is 0 Å². The van der Waals surface area contributed by atoms with Gasteiger partial charge in [-0.05, 0) is 30.5 Å². The molecule has 1 unspecified atom stereocenters. The van der Waals surface area contributed by atoms with Gasteiger partial charge >= 0.3 is 0 Å². The highest BCUT2D eigenvalue weighted by Crippen LogP contribution is 2.21. The van der Waals surface area contributed by atoms with Crippen molar-refractivity contribution >= 4 is 23.7 Å². The molecule has 1 N–H and O–H groups in total. The van der Waals surface area contributed by atoms with Gasteiger partial charge in [0, 0.05) is 18.0 Å². The van der Waals surface area contributed by atoms with Crippen LogP contribution in [0.15, 0.2) is 47.8 Å². The number of hydrogen-bond acceptors (Lipinski definition) is 3. The van der Waals surface area contributed by atoms with Gasteiger partial charge in [-0.25, -0.2) is 0 Å². The monoisotopic (exact) mass is 297 g/mol. The summed E-state index contributed by atoms with van der Waals surface area (Å²) in [5, 5.41) is 12.0. The number of thiophene rings is 1. The van der Waals surface area contributed by atoms with Crippen LogP contribution in [-0.4, -0.2) is 23.6 Å². The van der Waals surface area contributed by atoms with Crippen LogP contribution in [0.5, 0.6) is 0 Å². The van der Waals surface area contributed by atoms with Crippen molar-refractivity contribution in [3.63, 3.8) is 0 Å². The average molecular weight is 298 g/mol. The molecule has 4 heteroatoms. The zero-order chi connectivity index (χ0) is 12.8. The topological polar surface area (TPSA) is 23.5 Å². The molecular formula is C15H20ClNOS. The van der Waals surface area contributed by atoms with E-state index in [1.165, 1.54) is 5.56 Å². The lowest BCUT2D eigenvalue weighted by atomic mass is 10.2. The van der Waals surface area contributed by atoms with Crippen molar-refractivity contribution in [1.82, 2.24) is 4.90 Å². The van der Waals surface area contributed by atoms with Crippen molar-refractivity contribution in [3.05, 3.63) is 58.3 Å². The van der Waals surface area contributed by atoms with Crippen molar-refractivity contribution in [3.8, 4) is 0 Å². The molecule has 2 nitrogen and oxygen atoms in total. The standard InChI is InChI=1S/C15H19NOS.ClH/c1-16(12-13-6-3-2-4-7-13)10-9-14(17)15-8-5-11-18-15;/h2-8,11,14,17H,9-10,12H2,1H3;1H. The Morgan fingerprint density at radius 2 is 1.89 bits per heavy atom. The summed E-state index contributed by atoms with van der Waals surface area (Å²) in [6.45, 7) is 1.83. The molecule has 1 aromatic carbocycles. The van der Waals surface area contributed by atoms with E-state index >= 15 is 0 Å². The Labute approximate surface area is 125 Å². The van der Waals surface area contributed by atoms with E-state index in [0.29, 0.717) is 0 Å². The lowest BCUT2D eigenvalue weighted by Gasteiger charge is -2.18. The Morgan fingerprint density at radius 1 is 1.16 bits per heavy atom. The molecule has 0 fully saturated rings. The predicted octanol–water partition coefficient (Wildman–Crippen LogP) is 3.73. The van der Waals surface area contributed by atoms with E-state index in [4.69, 9.17) is 0 Å². The van der Waals surface area contributed by atoms with Gasteiger partial charge in [-0.3, -0.25) is 0 Å². The molecule has 1 heterocycles. The van der Waals surface area contributed by atoms with Crippen LogP contribution in [0.4, 0.5) is 0 Å². The van der Waals surface area contributed by atoms with Crippen molar-refractivity contribution in [2.45, 2.75) is 19.1 Å². The number of rotatable bonds is 6. The van der Waals surface area contributed by atoms with E-state index in [9.17, 15) is 5.11 Å². The third kappa shape index (κ3) is 5.33. The van der Waals surface area contributed by atoms with Crippen LogP contribution in [0.2, 0.25) is 0 Å². The molecule has 0 aliphatic rings. The number of halogens is 1. The maximum Gasteiger partial charge on any atom is 0.0894 e. The first-order valence-electron chi connectivity index (χ1n) is 6.19. The normalized spacial score (nSPS) is 12.2. The molecule has 0 aliphatic carbocycles. The maximum absolute atomic E-state index is 10.0. The second-order valence-electron chi connectivity index (χ2n) is 4.54. The van der Waals surface area contributed by atoms with Gasteiger partial charge in [0.25, 0.3) is 0 Å². The Balaban J connectivity index is 0.00000180. The molecule has 0 aliphatic heterocycles. The average Bonchev–Trinajstić information content (AvgIpc) is 2.91. The SMILES string of the molecule is CN(CCC(O)c1cccs1)Cc1ccccc1.Cl. The first kappa shape index (κ1) is 16.2. The Hall–Kier alpha value is -0.870. The summed E-state index contributed by atoms with van der Waals surface area (Å²) in [6.07, 6.45) is 0.451. The molecule has 1 aromatic heterocycles. The summed E-state index contributed by atoms with van der Waals surface area (Å²) >= 11 is 1.62. The van der Waals surface area contributed by atoms with Crippen LogP contribution in [0, 0.1) is 0 Å². The van der Waals surface area contributed by atoms with Gasteiger partial charge in [-0.2, -0.15) is 0 Å². The van der Waals surface area contributed by atoms with Crippen LogP contribution in [0.25, 0.3) is 0 Å². The van der Waals surface area contributed by atoms with Gasteiger partial charge in [0.05, 0.1) is 6.10 Å². The summed E-state index contributed by atoms with van der Waals surface area (Å²) in [4.78, 5) is 3.30. The molecular weight excluding hydrogens is 278 g/mol. The lowest BCUT2D eigenvalue weighted by molar-refractivity contribution is 0.151. The molecule has 0 saturated heterocycles. The van der Waals surface area contributed by atoms with Gasteiger partial charge < -0.3 is 10.0 Å². The Morgan fingerprint density at radius 3 is 2.53 bits per heavy atom. The second-order valence-corrected chi connectivity index (χ2v) is 5.52. The van der Waals surface area contributed by atoms with Crippen LogP contribution in [-0.2, 0) is 6.54 Å². The fraction of sp³-hybridized carbons (Fsp3) is 0.333. The van der Waals surface area contributed by atoms with Crippen molar-refractivity contribution in [1.29, 1.82) is 0 Å². The molecule has 0 bridgehead atoms. The van der Waals surface area contributed by atoms with E-state index in [2.05, 4.69) is 36.2 Å². The minimum absolute atomic E-state index is 0. The largest absolute Gasteiger partial charge is 0.388 e. The molecule has 0 saturated carbocycles. The Kier molecular flexibility index (Phi) is 7.10. The third-order valence-electron chi connectivity index (χ3n) is 2.95. The summed E-state index contributed by atoms with van der Waals surface area (Å²) in [5.41, 5.74) is 1.31. The zero-order valence-corrected chi connectivity index (χ0v) is 12.7. The Bertz CT molecular complexity index is 446. The number of nitrogens with zero attached hydrogens (tertiary/aromatic N) is 1. The number of aliphatic hydroxyl groups is 1. The van der Waals surface area contributed by atoms with Gasteiger partial charge in [-0.15, -0.1) is 23.7 Å². The van der Waals surface area contributed by atoms with Gasteiger partial charge in [-0.1, -0.05) is 36.4 Å². The highest BCUT2D eigenvalue weighted by atomic mass is 35.5. The minimum Gasteiger partial charge on any atom is -0.388 e. The van der Waals surface area contributed by atoms with Gasteiger partial charge in [0.1, 0.15) is 0 Å². The molecule has 1 atom stereocenters. The van der Waals surface area contributed by atoms with E-state index < -0.39 is 0 Å². The van der Waals surface area contributed by atoms with E-state index in [-0.39, 0.29) is 18.5 Å². The summed E-state index contributed by atoms with van der Waals surface area (Å²) < 4.78 is 0. The van der Waals surface area contributed by atoms with Crippen molar-refractivity contribution < 1.29 is 5.11 Å². The second kappa shape index (κ2) is 8.33. The lowest BCUT2D eigenvalue weighted by Crippen LogP contribution is -2.20. The smallest absolute Gasteiger partial charge is 0.0894 e. The van der Waals surface area contributed by atoms with E-state index in [1.807, 2.05) is 23.6 Å². The molecule has 2 aromatic rings. The van der Waals surface area contributed by atoms with Gasteiger partial charge in [0.15, 0.2) is 0 Å². The molecule has 0 radical (unpaired) electrons. The molecule has 0 amide bonds. The van der Waals surface area contributed by atoms with Crippen LogP contribution in [0.1, 0.15) is 23.0 Å². The zero-order valence-electron chi connectivity index (χ0n) is 11.0. The summed E-state index contributed by atoms with van der Waals surface area (Å²) in [7, 11) is 2.09. The van der Waals surface area contributed by atoms with Crippen LogP contribution < -0.4 is 0 Å². The summed E-state index contributed by atoms with van der Waals surface area (Å²) in [5.74, 6) is 0. The quantitative estimate of drug-likeness (QED) is 0.878. The molecule has 2 rings (SSSR count). The number of benzene rings is 1. The number of hydrogen-bond donors (Lipinski definition) is 1. The minimum atomic E-state index is -0.330. The highest BCUT2D eigenvalue weighted by Gasteiger charge is 2.09. The summed E-state index contributed by atoms with van der Waals surface area (Å²) in [6, 6.07) is 14.4. The highest BCUT2D eigenvalue weighted by molar-refractivity contribution is 7.10. The van der Waals surface area contributed by atoms with Crippen LogP contribution >= 0.6 is 23.7 Å². The molecule has 19 heavy (non-hydrogen) atoms. The predicted molar refractivity (Wildman–Crippen MR) is 83.9 cm³/mol. The van der Waals surface area contributed by atoms with Crippen LogP contribution in [0.3, 0.4) is 0 Å². The third-order valence-corrected chi connectivity index (χ3v) is 3.92. The number of aliphatic hydroxyl groups excluding tert-OH is 1. The first-order valence-corrected chi connectivity index (χ1v) is 7.07. The molecule has 104 valence electrons. The van der Waals surface area contributed by atoms with E-state index in [0.717, 1.165) is 24.4 Å². The maximum atomic E-state index is 10.0. The fourth-order valence-corrected chi connectivity index (χ4v) is 2.69. The first-order chi connectivity index (χ1) is 8.75. The fourth-order valence-electron chi connectivity index (χ4n) is 1.94.